The second-order valence-electron chi connectivity index (χ2n) is 4.76. The highest BCUT2D eigenvalue weighted by Crippen LogP contribution is 2.30. The van der Waals surface area contributed by atoms with Crippen molar-refractivity contribution in [1.29, 1.82) is 0 Å². The Hall–Kier alpha value is -1.06. The second-order valence-corrected chi connectivity index (χ2v) is 4.76. The van der Waals surface area contributed by atoms with E-state index in [1.165, 1.54) is 5.56 Å². The molecule has 2 N–H and O–H groups in total. The number of nitrogens with one attached hydrogen (secondary N) is 1. The minimum Gasteiger partial charge on any atom is -0.494 e. The fourth-order valence-electron chi connectivity index (χ4n) is 2.11. The third-order valence-corrected chi connectivity index (χ3v) is 3.28. The maximum Gasteiger partial charge on any atom is 0.119 e. The van der Waals surface area contributed by atoms with Crippen LogP contribution in [-0.2, 0) is 6.54 Å². The average Bonchev–Trinajstić information content (AvgIpc) is 2.28. The van der Waals surface area contributed by atoms with E-state index in [1.54, 1.807) is 0 Å². The molecule has 1 fully saturated rings. The van der Waals surface area contributed by atoms with Gasteiger partial charge in [0, 0.05) is 13.1 Å². The zero-order valence-corrected chi connectivity index (χ0v) is 10.4. The van der Waals surface area contributed by atoms with Crippen molar-refractivity contribution in [1.82, 2.24) is 5.32 Å². The van der Waals surface area contributed by atoms with Gasteiger partial charge in [0.25, 0.3) is 0 Å². The van der Waals surface area contributed by atoms with Gasteiger partial charge >= 0.3 is 0 Å². The van der Waals surface area contributed by atoms with E-state index in [2.05, 4.69) is 11.4 Å². The van der Waals surface area contributed by atoms with Crippen LogP contribution in [0.25, 0.3) is 0 Å². The van der Waals surface area contributed by atoms with E-state index in [1.807, 2.05) is 25.1 Å². The summed E-state index contributed by atoms with van der Waals surface area (Å²) in [7, 11) is 0. The van der Waals surface area contributed by atoms with Gasteiger partial charge in [-0.2, -0.15) is 0 Å². The second kappa shape index (κ2) is 5.52. The monoisotopic (exact) mass is 235 g/mol. The van der Waals surface area contributed by atoms with Crippen LogP contribution in [0, 0.1) is 0 Å². The summed E-state index contributed by atoms with van der Waals surface area (Å²) < 4.78 is 5.45. The Bertz CT molecular complexity index is 361. The fourth-order valence-corrected chi connectivity index (χ4v) is 2.11. The molecule has 1 saturated carbocycles. The number of benzene rings is 1. The molecule has 94 valence electrons. The average molecular weight is 235 g/mol. The van der Waals surface area contributed by atoms with Crippen LogP contribution in [0.2, 0.25) is 0 Å². The minimum absolute atomic E-state index is 0.447. The number of aliphatic hydroxyl groups is 1. The Kier molecular flexibility index (Phi) is 4.02. The van der Waals surface area contributed by atoms with Gasteiger partial charge in [-0.05, 0) is 43.9 Å². The van der Waals surface area contributed by atoms with E-state index in [0.717, 1.165) is 31.6 Å². The molecular formula is C14H21NO2. The van der Waals surface area contributed by atoms with Crippen LogP contribution in [0.5, 0.6) is 5.75 Å². The summed E-state index contributed by atoms with van der Waals surface area (Å²) in [6.07, 6.45) is 3.01. The largest absolute Gasteiger partial charge is 0.494 e. The summed E-state index contributed by atoms with van der Waals surface area (Å²) in [5.41, 5.74) is 0.747. The Morgan fingerprint density at radius 1 is 1.41 bits per heavy atom. The minimum atomic E-state index is -0.447. The highest BCUT2D eigenvalue weighted by molar-refractivity contribution is 5.28. The molecule has 0 atom stereocenters. The molecule has 1 aromatic carbocycles. The van der Waals surface area contributed by atoms with E-state index in [9.17, 15) is 5.11 Å². The molecule has 3 heteroatoms. The molecule has 0 amide bonds. The first-order valence-corrected chi connectivity index (χ1v) is 6.37. The smallest absolute Gasteiger partial charge is 0.119 e. The summed E-state index contributed by atoms with van der Waals surface area (Å²) in [5, 5.41) is 13.2. The summed E-state index contributed by atoms with van der Waals surface area (Å²) in [6, 6.07) is 8.08. The Labute approximate surface area is 103 Å². The summed E-state index contributed by atoms with van der Waals surface area (Å²) >= 11 is 0. The SMILES string of the molecule is CCOc1cccc(CNCC2(O)CCC2)c1. The molecule has 0 saturated heterocycles. The van der Waals surface area contributed by atoms with Crippen LogP contribution >= 0.6 is 0 Å². The van der Waals surface area contributed by atoms with Crippen LogP contribution in [0.15, 0.2) is 24.3 Å². The molecule has 1 aromatic rings. The summed E-state index contributed by atoms with van der Waals surface area (Å²) in [5.74, 6) is 0.911. The number of rotatable bonds is 6. The lowest BCUT2D eigenvalue weighted by atomic mass is 9.80. The zero-order valence-electron chi connectivity index (χ0n) is 10.4. The molecule has 1 aliphatic carbocycles. The normalized spacial score (nSPS) is 17.5. The van der Waals surface area contributed by atoms with Crippen molar-refractivity contribution in [2.24, 2.45) is 0 Å². The molecule has 0 heterocycles. The van der Waals surface area contributed by atoms with Crippen LogP contribution in [0.4, 0.5) is 0 Å². The van der Waals surface area contributed by atoms with Crippen LogP contribution in [0.1, 0.15) is 31.7 Å². The molecule has 0 spiro atoms. The van der Waals surface area contributed by atoms with Gasteiger partial charge in [-0.3, -0.25) is 0 Å². The van der Waals surface area contributed by atoms with Gasteiger partial charge in [0.15, 0.2) is 0 Å². The van der Waals surface area contributed by atoms with E-state index in [0.29, 0.717) is 13.2 Å². The quantitative estimate of drug-likeness (QED) is 0.793. The molecule has 1 aliphatic rings. The Morgan fingerprint density at radius 2 is 2.24 bits per heavy atom. The third kappa shape index (κ3) is 3.45. The third-order valence-electron chi connectivity index (χ3n) is 3.28. The first-order chi connectivity index (χ1) is 8.22. The van der Waals surface area contributed by atoms with Crippen molar-refractivity contribution in [2.45, 2.75) is 38.3 Å². The zero-order chi connectivity index (χ0) is 12.1. The first-order valence-electron chi connectivity index (χ1n) is 6.37. The van der Waals surface area contributed by atoms with Crippen molar-refractivity contribution in [3.05, 3.63) is 29.8 Å². The maximum atomic E-state index is 9.94. The molecular weight excluding hydrogens is 214 g/mol. The van der Waals surface area contributed by atoms with Gasteiger partial charge < -0.3 is 15.2 Å². The van der Waals surface area contributed by atoms with Crippen LogP contribution < -0.4 is 10.1 Å². The summed E-state index contributed by atoms with van der Waals surface area (Å²) in [4.78, 5) is 0. The van der Waals surface area contributed by atoms with Crippen molar-refractivity contribution in [3.8, 4) is 5.75 Å². The van der Waals surface area contributed by atoms with Crippen molar-refractivity contribution >= 4 is 0 Å². The molecule has 2 rings (SSSR count). The fraction of sp³-hybridized carbons (Fsp3) is 0.571. The van der Waals surface area contributed by atoms with E-state index < -0.39 is 5.60 Å². The van der Waals surface area contributed by atoms with E-state index in [-0.39, 0.29) is 0 Å². The van der Waals surface area contributed by atoms with Gasteiger partial charge in [0.05, 0.1) is 12.2 Å². The standard InChI is InChI=1S/C14H21NO2/c1-2-17-13-6-3-5-12(9-13)10-15-11-14(16)7-4-8-14/h3,5-6,9,15-16H,2,4,7-8,10-11H2,1H3. The molecule has 0 unspecified atom stereocenters. The predicted molar refractivity (Wildman–Crippen MR) is 68.1 cm³/mol. The van der Waals surface area contributed by atoms with Crippen molar-refractivity contribution in [3.63, 3.8) is 0 Å². The number of hydrogen-bond donors (Lipinski definition) is 2. The Balaban J connectivity index is 1.79. The molecule has 0 bridgehead atoms. The van der Waals surface area contributed by atoms with Gasteiger partial charge in [0.1, 0.15) is 5.75 Å². The number of ether oxygens (including phenoxy) is 1. The van der Waals surface area contributed by atoms with E-state index in [4.69, 9.17) is 4.74 Å². The summed E-state index contributed by atoms with van der Waals surface area (Å²) in [6.45, 7) is 4.14. The highest BCUT2D eigenvalue weighted by atomic mass is 16.5. The van der Waals surface area contributed by atoms with E-state index >= 15 is 0 Å². The van der Waals surface area contributed by atoms with Gasteiger partial charge in [0.2, 0.25) is 0 Å². The molecule has 3 nitrogen and oxygen atoms in total. The topological polar surface area (TPSA) is 41.5 Å². The lowest BCUT2D eigenvalue weighted by molar-refractivity contribution is -0.0314. The van der Waals surface area contributed by atoms with Crippen LogP contribution in [0.3, 0.4) is 0 Å². The van der Waals surface area contributed by atoms with Crippen molar-refractivity contribution in [2.75, 3.05) is 13.2 Å². The van der Waals surface area contributed by atoms with Crippen molar-refractivity contribution < 1.29 is 9.84 Å². The van der Waals surface area contributed by atoms with Gasteiger partial charge in [-0.25, -0.2) is 0 Å². The molecule has 0 radical (unpaired) electrons. The molecule has 0 aliphatic heterocycles. The lowest BCUT2D eigenvalue weighted by Gasteiger charge is -2.36. The Morgan fingerprint density at radius 3 is 2.88 bits per heavy atom. The van der Waals surface area contributed by atoms with Gasteiger partial charge in [-0.1, -0.05) is 12.1 Å². The predicted octanol–water partition coefficient (Wildman–Crippen LogP) is 2.09. The number of hydrogen-bond acceptors (Lipinski definition) is 3. The first kappa shape index (κ1) is 12.4. The highest BCUT2D eigenvalue weighted by Gasteiger charge is 2.33. The molecule has 17 heavy (non-hydrogen) atoms. The van der Waals surface area contributed by atoms with Gasteiger partial charge in [-0.15, -0.1) is 0 Å². The lowest BCUT2D eigenvalue weighted by Crippen LogP contribution is -2.45. The van der Waals surface area contributed by atoms with Crippen LogP contribution in [-0.4, -0.2) is 23.9 Å². The molecule has 0 aromatic heterocycles. The maximum absolute atomic E-state index is 9.94.